The van der Waals surface area contributed by atoms with Crippen LogP contribution in [-0.2, 0) is 11.2 Å². The van der Waals surface area contributed by atoms with E-state index >= 15 is 0 Å². The molecule has 1 heterocycles. The highest BCUT2D eigenvalue weighted by Crippen LogP contribution is 2.32. The molecule has 0 amide bonds. The number of hydrogen-bond acceptors (Lipinski definition) is 4. The number of nitrogens with one attached hydrogen (secondary N) is 1. The highest BCUT2D eigenvalue weighted by atomic mass is 32.1. The van der Waals surface area contributed by atoms with Crippen LogP contribution in [0.15, 0.2) is 18.2 Å². The highest BCUT2D eigenvalue weighted by molar-refractivity contribution is 7.22. The first-order valence-electron chi connectivity index (χ1n) is 8.03. The van der Waals surface area contributed by atoms with Crippen molar-refractivity contribution in [3.8, 4) is 0 Å². The van der Waals surface area contributed by atoms with E-state index in [1.165, 1.54) is 10.3 Å². The van der Waals surface area contributed by atoms with Crippen molar-refractivity contribution in [3.63, 3.8) is 0 Å². The van der Waals surface area contributed by atoms with Gasteiger partial charge in [0.05, 0.1) is 16.1 Å². The van der Waals surface area contributed by atoms with E-state index in [1.807, 2.05) is 0 Å². The van der Waals surface area contributed by atoms with E-state index in [4.69, 9.17) is 0 Å². The number of rotatable bonds is 5. The molecule has 1 fully saturated rings. The van der Waals surface area contributed by atoms with Crippen molar-refractivity contribution in [2.45, 2.75) is 39.0 Å². The van der Waals surface area contributed by atoms with Crippen molar-refractivity contribution in [2.75, 3.05) is 11.9 Å². The summed E-state index contributed by atoms with van der Waals surface area (Å²) in [6.07, 6.45) is 5.00. The second kappa shape index (κ2) is 6.65. The maximum Gasteiger partial charge on any atom is 0.306 e. The molecule has 2 aromatic rings. The van der Waals surface area contributed by atoms with Crippen LogP contribution in [0.25, 0.3) is 10.2 Å². The van der Waals surface area contributed by atoms with Crippen LogP contribution in [0.5, 0.6) is 0 Å². The number of thiazole rings is 1. The smallest absolute Gasteiger partial charge is 0.306 e. The summed E-state index contributed by atoms with van der Waals surface area (Å²) in [5.74, 6) is -0.643. The normalized spacial score (nSPS) is 21.9. The standard InChI is InChI=1S/C17H22N2O2S/c1-2-11-7-8-14-15(9-11)22-17(19-14)18-10-12-5-3-4-6-13(12)16(20)21/h7-9,12-13H,2-6,10H2,1H3,(H,18,19)(H,20,21)/t12-,13-/m0/s1. The van der Waals surface area contributed by atoms with Gasteiger partial charge in [-0.2, -0.15) is 0 Å². The Balaban J connectivity index is 1.69. The van der Waals surface area contributed by atoms with Crippen LogP contribution in [0.4, 0.5) is 5.13 Å². The van der Waals surface area contributed by atoms with Crippen molar-refractivity contribution in [3.05, 3.63) is 23.8 Å². The third-order valence-corrected chi connectivity index (χ3v) is 5.58. The minimum absolute atomic E-state index is 0.206. The lowest BCUT2D eigenvalue weighted by molar-refractivity contribution is -0.144. The Morgan fingerprint density at radius 3 is 3.00 bits per heavy atom. The molecule has 3 rings (SSSR count). The van der Waals surface area contributed by atoms with Gasteiger partial charge in [-0.3, -0.25) is 4.79 Å². The number of aryl methyl sites for hydroxylation is 1. The van der Waals surface area contributed by atoms with Gasteiger partial charge < -0.3 is 10.4 Å². The summed E-state index contributed by atoms with van der Waals surface area (Å²) in [5.41, 5.74) is 2.34. The summed E-state index contributed by atoms with van der Waals surface area (Å²) in [4.78, 5) is 15.9. The molecule has 2 atom stereocenters. The number of hydrogen-bond donors (Lipinski definition) is 2. The summed E-state index contributed by atoms with van der Waals surface area (Å²) >= 11 is 1.66. The molecule has 1 aliphatic rings. The number of benzene rings is 1. The average Bonchev–Trinajstić information content (AvgIpc) is 2.94. The monoisotopic (exact) mass is 318 g/mol. The summed E-state index contributed by atoms with van der Waals surface area (Å²) in [6, 6.07) is 6.38. The van der Waals surface area contributed by atoms with Crippen molar-refractivity contribution in [2.24, 2.45) is 11.8 Å². The average molecular weight is 318 g/mol. The zero-order valence-electron chi connectivity index (χ0n) is 12.8. The van der Waals surface area contributed by atoms with Crippen molar-refractivity contribution in [1.29, 1.82) is 0 Å². The van der Waals surface area contributed by atoms with E-state index in [9.17, 15) is 9.90 Å². The molecule has 1 saturated carbocycles. The molecular formula is C17H22N2O2S. The van der Waals surface area contributed by atoms with Gasteiger partial charge in [0.2, 0.25) is 0 Å². The minimum Gasteiger partial charge on any atom is -0.481 e. The first kappa shape index (κ1) is 15.3. The lowest BCUT2D eigenvalue weighted by Gasteiger charge is -2.28. The topological polar surface area (TPSA) is 62.2 Å². The number of aromatic nitrogens is 1. The molecule has 1 aliphatic carbocycles. The fourth-order valence-electron chi connectivity index (χ4n) is 3.26. The van der Waals surface area contributed by atoms with Crippen LogP contribution < -0.4 is 5.32 Å². The van der Waals surface area contributed by atoms with Crippen LogP contribution in [0.3, 0.4) is 0 Å². The Morgan fingerprint density at radius 2 is 2.23 bits per heavy atom. The van der Waals surface area contributed by atoms with Gasteiger partial charge >= 0.3 is 5.97 Å². The lowest BCUT2D eigenvalue weighted by Crippen LogP contribution is -2.31. The van der Waals surface area contributed by atoms with Crippen LogP contribution in [0.2, 0.25) is 0 Å². The molecule has 118 valence electrons. The lowest BCUT2D eigenvalue weighted by atomic mass is 9.79. The van der Waals surface area contributed by atoms with Crippen LogP contribution in [0.1, 0.15) is 38.2 Å². The fourth-order valence-corrected chi connectivity index (χ4v) is 4.20. The van der Waals surface area contributed by atoms with E-state index in [0.29, 0.717) is 6.54 Å². The maximum atomic E-state index is 11.3. The molecular weight excluding hydrogens is 296 g/mol. The maximum absolute atomic E-state index is 11.3. The van der Waals surface area contributed by atoms with E-state index in [1.54, 1.807) is 11.3 Å². The number of carboxylic acid groups (broad SMARTS) is 1. The zero-order chi connectivity index (χ0) is 15.5. The molecule has 1 aromatic heterocycles. The SMILES string of the molecule is CCc1ccc2nc(NC[C@@H]3CCCC[C@@H]3C(=O)O)sc2c1. The largest absolute Gasteiger partial charge is 0.481 e. The van der Waals surface area contributed by atoms with E-state index in [2.05, 4.69) is 35.4 Å². The molecule has 1 aromatic carbocycles. The summed E-state index contributed by atoms with van der Waals surface area (Å²) in [5, 5.41) is 13.6. The first-order valence-corrected chi connectivity index (χ1v) is 8.85. The van der Waals surface area contributed by atoms with Crippen LogP contribution >= 0.6 is 11.3 Å². The molecule has 0 spiro atoms. The summed E-state index contributed by atoms with van der Waals surface area (Å²) < 4.78 is 1.19. The van der Waals surface area contributed by atoms with E-state index < -0.39 is 5.97 Å². The molecule has 2 N–H and O–H groups in total. The van der Waals surface area contributed by atoms with E-state index in [0.717, 1.165) is 42.8 Å². The van der Waals surface area contributed by atoms with Gasteiger partial charge in [-0.05, 0) is 42.9 Å². The predicted octanol–water partition coefficient (Wildman–Crippen LogP) is 4.16. The van der Waals surface area contributed by atoms with Gasteiger partial charge in [0, 0.05) is 6.54 Å². The molecule has 4 nitrogen and oxygen atoms in total. The van der Waals surface area contributed by atoms with Gasteiger partial charge in [0.15, 0.2) is 5.13 Å². The molecule has 0 bridgehead atoms. The fraction of sp³-hybridized carbons (Fsp3) is 0.529. The van der Waals surface area contributed by atoms with Crippen molar-refractivity contribution in [1.82, 2.24) is 4.98 Å². The first-order chi connectivity index (χ1) is 10.7. The summed E-state index contributed by atoms with van der Waals surface area (Å²) in [7, 11) is 0. The molecule has 0 radical (unpaired) electrons. The predicted molar refractivity (Wildman–Crippen MR) is 90.6 cm³/mol. The van der Waals surface area contributed by atoms with Gasteiger partial charge in [0.25, 0.3) is 0 Å². The third-order valence-electron chi connectivity index (χ3n) is 4.60. The van der Waals surface area contributed by atoms with Gasteiger partial charge in [0.1, 0.15) is 0 Å². The van der Waals surface area contributed by atoms with Gasteiger partial charge in [-0.15, -0.1) is 0 Å². The molecule has 0 saturated heterocycles. The third kappa shape index (κ3) is 3.24. The number of anilines is 1. The molecule has 22 heavy (non-hydrogen) atoms. The van der Waals surface area contributed by atoms with E-state index in [-0.39, 0.29) is 11.8 Å². The molecule has 0 aliphatic heterocycles. The number of aliphatic carboxylic acids is 1. The van der Waals surface area contributed by atoms with Crippen molar-refractivity contribution >= 4 is 32.7 Å². The minimum atomic E-state index is -0.650. The molecule has 5 heteroatoms. The second-order valence-corrected chi connectivity index (χ2v) is 7.08. The number of fused-ring (bicyclic) bond motifs is 1. The molecule has 0 unspecified atom stereocenters. The Labute approximate surface area is 134 Å². The Morgan fingerprint density at radius 1 is 1.41 bits per heavy atom. The van der Waals surface area contributed by atoms with Crippen molar-refractivity contribution < 1.29 is 9.90 Å². The zero-order valence-corrected chi connectivity index (χ0v) is 13.7. The number of carbonyl (C=O) groups is 1. The summed E-state index contributed by atoms with van der Waals surface area (Å²) in [6.45, 7) is 2.86. The Kier molecular flexibility index (Phi) is 4.62. The number of carboxylic acids is 1. The number of nitrogens with zero attached hydrogens (tertiary/aromatic N) is 1. The Hall–Kier alpha value is -1.62. The Bertz CT molecular complexity index is 668. The highest BCUT2D eigenvalue weighted by Gasteiger charge is 2.30. The van der Waals surface area contributed by atoms with Gasteiger partial charge in [-0.25, -0.2) is 4.98 Å². The van der Waals surface area contributed by atoms with Gasteiger partial charge in [-0.1, -0.05) is 37.2 Å². The quantitative estimate of drug-likeness (QED) is 0.869. The van der Waals surface area contributed by atoms with Crippen LogP contribution in [-0.4, -0.2) is 22.6 Å². The van der Waals surface area contributed by atoms with Crippen LogP contribution in [0, 0.1) is 11.8 Å². The second-order valence-electron chi connectivity index (χ2n) is 6.04.